The van der Waals surface area contributed by atoms with Crippen LogP contribution in [0.4, 0.5) is 17.3 Å². The van der Waals surface area contributed by atoms with Gasteiger partial charge in [0.05, 0.1) is 4.92 Å². The van der Waals surface area contributed by atoms with E-state index in [1.807, 2.05) is 0 Å². The topological polar surface area (TPSA) is 118 Å². The molecule has 8 nitrogen and oxygen atoms in total. The van der Waals surface area contributed by atoms with Crippen LogP contribution in [0.15, 0.2) is 36.7 Å². The van der Waals surface area contributed by atoms with Gasteiger partial charge in [0.2, 0.25) is 5.95 Å². The predicted octanol–water partition coefficient (Wildman–Crippen LogP) is 1.83. The number of nitrogens with zero attached hydrogens (tertiary/aromatic N) is 3. The third-order valence-corrected chi connectivity index (χ3v) is 2.25. The molecular weight excluding hydrogens is 252 g/mol. The average molecular weight is 260 g/mol. The molecule has 2 N–H and O–H groups in total. The van der Waals surface area contributed by atoms with Gasteiger partial charge in [0.1, 0.15) is 5.56 Å². The molecule has 1 aromatic heterocycles. The average Bonchev–Trinajstić information content (AvgIpc) is 2.39. The van der Waals surface area contributed by atoms with Crippen LogP contribution in [0, 0.1) is 10.1 Å². The Labute approximate surface area is 106 Å². The van der Waals surface area contributed by atoms with E-state index >= 15 is 0 Å². The summed E-state index contributed by atoms with van der Waals surface area (Å²) >= 11 is 0. The van der Waals surface area contributed by atoms with Crippen molar-refractivity contribution in [3.63, 3.8) is 0 Å². The Bertz CT molecular complexity index is 630. The molecule has 1 aromatic carbocycles. The molecule has 0 saturated carbocycles. The number of nitro groups is 1. The van der Waals surface area contributed by atoms with E-state index in [9.17, 15) is 14.9 Å². The number of nitro benzene ring substituents is 1. The largest absolute Gasteiger partial charge is 0.477 e. The second-order valence-electron chi connectivity index (χ2n) is 3.49. The van der Waals surface area contributed by atoms with Crippen LogP contribution in [-0.2, 0) is 0 Å². The fourth-order valence-electron chi connectivity index (χ4n) is 1.43. The second-order valence-corrected chi connectivity index (χ2v) is 3.49. The van der Waals surface area contributed by atoms with Crippen LogP contribution in [0.5, 0.6) is 0 Å². The molecule has 0 aliphatic rings. The lowest BCUT2D eigenvalue weighted by Crippen LogP contribution is -2.04. The minimum Gasteiger partial charge on any atom is -0.477 e. The standard InChI is InChI=1S/C11H8N4O4/c16-10(17)8-3-2-7(6-9(8)15(18)19)14-11-12-4-1-5-13-11/h1-6H,(H,16,17)(H,12,13,14). The molecule has 19 heavy (non-hydrogen) atoms. The van der Waals surface area contributed by atoms with E-state index in [4.69, 9.17) is 5.11 Å². The van der Waals surface area contributed by atoms with Crippen molar-refractivity contribution in [1.82, 2.24) is 9.97 Å². The van der Waals surface area contributed by atoms with Crippen molar-refractivity contribution in [3.05, 3.63) is 52.3 Å². The molecule has 2 rings (SSSR count). The maximum atomic E-state index is 10.8. The van der Waals surface area contributed by atoms with Crippen molar-refractivity contribution in [2.75, 3.05) is 5.32 Å². The van der Waals surface area contributed by atoms with Gasteiger partial charge in [-0.2, -0.15) is 0 Å². The number of carbonyl (C=O) groups is 1. The summed E-state index contributed by atoms with van der Waals surface area (Å²) in [5, 5.41) is 22.4. The number of rotatable bonds is 4. The van der Waals surface area contributed by atoms with Gasteiger partial charge in [-0.1, -0.05) is 0 Å². The molecule has 96 valence electrons. The lowest BCUT2D eigenvalue weighted by atomic mass is 10.1. The van der Waals surface area contributed by atoms with Crippen molar-refractivity contribution >= 4 is 23.3 Å². The van der Waals surface area contributed by atoms with E-state index in [-0.39, 0.29) is 11.5 Å². The van der Waals surface area contributed by atoms with Crippen molar-refractivity contribution in [1.29, 1.82) is 0 Å². The first-order chi connectivity index (χ1) is 9.08. The number of aromatic carboxylic acids is 1. The van der Waals surface area contributed by atoms with Crippen molar-refractivity contribution in [2.24, 2.45) is 0 Å². The molecule has 0 aliphatic carbocycles. The Kier molecular flexibility index (Phi) is 3.33. The Morgan fingerprint density at radius 2 is 2.00 bits per heavy atom. The third kappa shape index (κ3) is 2.80. The zero-order valence-electron chi connectivity index (χ0n) is 9.48. The molecular formula is C11H8N4O4. The Hall–Kier alpha value is -3.03. The number of aromatic nitrogens is 2. The van der Waals surface area contributed by atoms with Gasteiger partial charge in [0, 0.05) is 24.1 Å². The zero-order valence-corrected chi connectivity index (χ0v) is 9.48. The molecule has 0 amide bonds. The van der Waals surface area contributed by atoms with Gasteiger partial charge in [0.15, 0.2) is 0 Å². The van der Waals surface area contributed by atoms with Crippen LogP contribution in [-0.4, -0.2) is 26.0 Å². The van der Waals surface area contributed by atoms with Crippen molar-refractivity contribution in [2.45, 2.75) is 0 Å². The van der Waals surface area contributed by atoms with Crippen LogP contribution in [0.25, 0.3) is 0 Å². The van der Waals surface area contributed by atoms with Crippen molar-refractivity contribution in [3.8, 4) is 0 Å². The van der Waals surface area contributed by atoms with Gasteiger partial charge in [-0.3, -0.25) is 10.1 Å². The molecule has 1 heterocycles. The van der Waals surface area contributed by atoms with Gasteiger partial charge in [-0.25, -0.2) is 14.8 Å². The van der Waals surface area contributed by atoms with E-state index in [0.717, 1.165) is 12.1 Å². The van der Waals surface area contributed by atoms with E-state index in [0.29, 0.717) is 5.69 Å². The van der Waals surface area contributed by atoms with Gasteiger partial charge >= 0.3 is 5.97 Å². The Balaban J connectivity index is 2.36. The van der Waals surface area contributed by atoms with E-state index in [2.05, 4.69) is 15.3 Å². The summed E-state index contributed by atoms with van der Waals surface area (Å²) in [7, 11) is 0. The highest BCUT2D eigenvalue weighted by Crippen LogP contribution is 2.24. The Morgan fingerprint density at radius 1 is 1.32 bits per heavy atom. The minimum absolute atomic E-state index is 0.264. The number of hydrogen-bond donors (Lipinski definition) is 2. The number of benzene rings is 1. The van der Waals surface area contributed by atoms with Crippen molar-refractivity contribution < 1.29 is 14.8 Å². The van der Waals surface area contributed by atoms with Crippen LogP contribution in [0.3, 0.4) is 0 Å². The summed E-state index contributed by atoms with van der Waals surface area (Å²) in [5.41, 5.74) is -0.527. The van der Waals surface area contributed by atoms with Crippen LogP contribution < -0.4 is 5.32 Å². The number of anilines is 2. The van der Waals surface area contributed by atoms with Crippen LogP contribution in [0.2, 0.25) is 0 Å². The Morgan fingerprint density at radius 3 is 2.58 bits per heavy atom. The SMILES string of the molecule is O=C(O)c1ccc(Nc2ncccn2)cc1[N+](=O)[O-]. The molecule has 0 saturated heterocycles. The van der Waals surface area contributed by atoms with Crippen LogP contribution >= 0.6 is 0 Å². The van der Waals surface area contributed by atoms with Crippen LogP contribution in [0.1, 0.15) is 10.4 Å². The summed E-state index contributed by atoms with van der Waals surface area (Å²) in [4.78, 5) is 28.7. The number of hydrogen-bond acceptors (Lipinski definition) is 6. The van der Waals surface area contributed by atoms with E-state index < -0.39 is 16.6 Å². The maximum Gasteiger partial charge on any atom is 0.342 e. The highest BCUT2D eigenvalue weighted by atomic mass is 16.6. The first-order valence-electron chi connectivity index (χ1n) is 5.13. The lowest BCUT2D eigenvalue weighted by molar-refractivity contribution is -0.385. The molecule has 0 atom stereocenters. The number of carboxylic acid groups (broad SMARTS) is 1. The fourth-order valence-corrected chi connectivity index (χ4v) is 1.43. The summed E-state index contributed by atoms with van der Waals surface area (Å²) in [6.45, 7) is 0. The van der Waals surface area contributed by atoms with E-state index in [1.54, 1.807) is 6.07 Å². The van der Waals surface area contributed by atoms with Gasteiger partial charge in [-0.15, -0.1) is 0 Å². The lowest BCUT2D eigenvalue weighted by Gasteiger charge is -2.05. The second kappa shape index (κ2) is 5.08. The fraction of sp³-hybridized carbons (Fsp3) is 0. The maximum absolute atomic E-state index is 10.8. The molecule has 0 bridgehead atoms. The smallest absolute Gasteiger partial charge is 0.342 e. The molecule has 0 aliphatic heterocycles. The minimum atomic E-state index is -1.35. The summed E-state index contributed by atoms with van der Waals surface area (Å²) in [5.74, 6) is -1.09. The first-order valence-corrected chi connectivity index (χ1v) is 5.13. The number of carboxylic acids is 1. The molecule has 2 aromatic rings. The molecule has 0 fully saturated rings. The summed E-state index contributed by atoms with van der Waals surface area (Å²) in [6, 6.07) is 5.32. The molecule has 0 radical (unpaired) electrons. The molecule has 8 heteroatoms. The third-order valence-electron chi connectivity index (χ3n) is 2.25. The summed E-state index contributed by atoms with van der Waals surface area (Å²) < 4.78 is 0. The highest BCUT2D eigenvalue weighted by Gasteiger charge is 2.20. The predicted molar refractivity (Wildman–Crippen MR) is 65.4 cm³/mol. The van der Waals surface area contributed by atoms with Gasteiger partial charge in [0.25, 0.3) is 5.69 Å². The molecule has 0 spiro atoms. The van der Waals surface area contributed by atoms with Gasteiger partial charge < -0.3 is 10.4 Å². The monoisotopic (exact) mass is 260 g/mol. The zero-order chi connectivity index (χ0) is 13.8. The normalized spacial score (nSPS) is 9.89. The summed E-state index contributed by atoms with van der Waals surface area (Å²) in [6.07, 6.45) is 3.02. The first kappa shape index (κ1) is 12.4. The van der Waals surface area contributed by atoms with Gasteiger partial charge in [-0.05, 0) is 18.2 Å². The molecule has 0 unspecified atom stereocenters. The quantitative estimate of drug-likeness (QED) is 0.635. The van der Waals surface area contributed by atoms with E-state index in [1.165, 1.54) is 18.5 Å². The number of nitrogens with one attached hydrogen (secondary N) is 1. The highest BCUT2D eigenvalue weighted by molar-refractivity contribution is 5.93.